The van der Waals surface area contributed by atoms with E-state index in [1.807, 2.05) is 19.9 Å². The molecule has 0 atom stereocenters. The van der Waals surface area contributed by atoms with Gasteiger partial charge in [-0.1, -0.05) is 19.9 Å². The Morgan fingerprint density at radius 3 is 2.74 bits per heavy atom. The molecule has 3 aromatic heterocycles. The van der Waals surface area contributed by atoms with Crippen LogP contribution in [0.5, 0.6) is 0 Å². The molecule has 0 fully saturated rings. The van der Waals surface area contributed by atoms with Gasteiger partial charge in [0.2, 0.25) is 0 Å². The average molecular weight is 367 g/mol. The lowest BCUT2D eigenvalue weighted by atomic mass is 10.0. The second-order valence-corrected chi connectivity index (χ2v) is 6.50. The summed E-state index contributed by atoms with van der Waals surface area (Å²) in [5, 5.41) is 2.92. The average Bonchev–Trinajstić information content (AvgIpc) is 2.66. The van der Waals surface area contributed by atoms with Crippen molar-refractivity contribution in [3.05, 3.63) is 68.3 Å². The van der Waals surface area contributed by atoms with Crippen LogP contribution < -0.4 is 16.6 Å². The number of nitrogens with one attached hydrogen (secondary N) is 2. The second kappa shape index (κ2) is 7.53. The minimum Gasteiger partial charge on any atom is -0.348 e. The van der Waals surface area contributed by atoms with Gasteiger partial charge in [0.15, 0.2) is 5.65 Å². The molecule has 1 amide bonds. The van der Waals surface area contributed by atoms with Crippen LogP contribution in [-0.4, -0.2) is 25.4 Å². The number of amides is 1. The lowest BCUT2D eigenvalue weighted by molar-refractivity contribution is 0.0952. The van der Waals surface area contributed by atoms with Gasteiger partial charge in [0.05, 0.1) is 10.9 Å². The molecule has 0 spiro atoms. The van der Waals surface area contributed by atoms with Crippen molar-refractivity contribution in [1.82, 2.24) is 24.8 Å². The minimum absolute atomic E-state index is 0.0268. The molecule has 27 heavy (non-hydrogen) atoms. The van der Waals surface area contributed by atoms with Crippen molar-refractivity contribution in [2.75, 3.05) is 0 Å². The van der Waals surface area contributed by atoms with Gasteiger partial charge in [0.1, 0.15) is 0 Å². The van der Waals surface area contributed by atoms with Crippen LogP contribution >= 0.6 is 0 Å². The van der Waals surface area contributed by atoms with Gasteiger partial charge >= 0.3 is 5.69 Å². The Morgan fingerprint density at radius 1 is 1.33 bits per heavy atom. The van der Waals surface area contributed by atoms with Crippen LogP contribution in [0.1, 0.15) is 48.3 Å². The van der Waals surface area contributed by atoms with Crippen molar-refractivity contribution < 1.29 is 4.79 Å². The number of hydrogen-bond donors (Lipinski definition) is 2. The fourth-order valence-corrected chi connectivity index (χ4v) is 2.84. The molecule has 8 nitrogen and oxygen atoms in total. The number of rotatable bonds is 5. The van der Waals surface area contributed by atoms with Gasteiger partial charge in [-0.05, 0) is 30.5 Å². The highest BCUT2D eigenvalue weighted by molar-refractivity contribution is 6.05. The Labute approximate surface area is 155 Å². The Kier molecular flexibility index (Phi) is 5.16. The molecule has 0 unspecified atom stereocenters. The van der Waals surface area contributed by atoms with Crippen molar-refractivity contribution in [2.24, 2.45) is 0 Å². The van der Waals surface area contributed by atoms with Crippen molar-refractivity contribution in [3.8, 4) is 0 Å². The van der Waals surface area contributed by atoms with E-state index >= 15 is 0 Å². The summed E-state index contributed by atoms with van der Waals surface area (Å²) in [4.78, 5) is 48.2. The lowest BCUT2D eigenvalue weighted by Crippen LogP contribution is -2.33. The van der Waals surface area contributed by atoms with Crippen molar-refractivity contribution in [2.45, 2.75) is 39.8 Å². The maximum Gasteiger partial charge on any atom is 0.329 e. The van der Waals surface area contributed by atoms with Crippen LogP contribution in [0.25, 0.3) is 11.0 Å². The zero-order valence-electron chi connectivity index (χ0n) is 15.4. The summed E-state index contributed by atoms with van der Waals surface area (Å²) < 4.78 is 1.36. The summed E-state index contributed by atoms with van der Waals surface area (Å²) in [5.41, 5.74) is 0.757. The van der Waals surface area contributed by atoms with E-state index in [9.17, 15) is 14.4 Å². The maximum absolute atomic E-state index is 12.8. The van der Waals surface area contributed by atoms with Gasteiger partial charge in [0, 0.05) is 31.2 Å². The molecule has 0 aliphatic heterocycles. The Hall–Kier alpha value is -3.29. The lowest BCUT2D eigenvalue weighted by Gasteiger charge is -2.14. The van der Waals surface area contributed by atoms with Crippen LogP contribution in [0, 0.1) is 0 Å². The topological polar surface area (TPSA) is 110 Å². The number of hydrogen-bond acceptors (Lipinski definition) is 5. The summed E-state index contributed by atoms with van der Waals surface area (Å²) in [6.45, 7) is 6.27. The van der Waals surface area contributed by atoms with Gasteiger partial charge in [-0.2, -0.15) is 0 Å². The first-order valence-corrected chi connectivity index (χ1v) is 8.77. The van der Waals surface area contributed by atoms with Crippen LogP contribution in [0.2, 0.25) is 0 Å². The quantitative estimate of drug-likeness (QED) is 0.711. The number of fused-ring (bicyclic) bond motifs is 1. The largest absolute Gasteiger partial charge is 0.348 e. The first kappa shape index (κ1) is 18.5. The number of nitrogens with zero attached hydrogens (tertiary/aromatic N) is 3. The van der Waals surface area contributed by atoms with E-state index in [1.165, 1.54) is 4.57 Å². The highest BCUT2D eigenvalue weighted by atomic mass is 16.2. The molecule has 3 rings (SSSR count). The molecule has 0 saturated carbocycles. The molecule has 0 radical (unpaired) electrons. The van der Waals surface area contributed by atoms with Gasteiger partial charge in [0.25, 0.3) is 11.5 Å². The van der Waals surface area contributed by atoms with Crippen molar-refractivity contribution >= 4 is 16.9 Å². The normalized spacial score (nSPS) is 11.1. The number of pyridine rings is 2. The number of aryl methyl sites for hydroxylation is 1. The van der Waals surface area contributed by atoms with Crippen molar-refractivity contribution in [3.63, 3.8) is 0 Å². The Balaban J connectivity index is 2.14. The number of carbonyl (C=O) groups is 1. The molecule has 3 heterocycles. The van der Waals surface area contributed by atoms with Gasteiger partial charge < -0.3 is 5.32 Å². The molecule has 0 bridgehead atoms. The molecular weight excluding hydrogens is 346 g/mol. The number of carbonyl (C=O) groups excluding carboxylic acids is 1. The summed E-state index contributed by atoms with van der Waals surface area (Å²) in [6.07, 6.45) is 3.31. The second-order valence-electron chi connectivity index (χ2n) is 6.50. The highest BCUT2D eigenvalue weighted by Crippen LogP contribution is 2.19. The van der Waals surface area contributed by atoms with Crippen LogP contribution in [0.3, 0.4) is 0 Å². The predicted octanol–water partition coefficient (Wildman–Crippen LogP) is 1.55. The molecule has 0 aromatic carbocycles. The van der Waals surface area contributed by atoms with E-state index < -0.39 is 17.2 Å². The van der Waals surface area contributed by atoms with E-state index in [2.05, 4.69) is 20.3 Å². The first-order chi connectivity index (χ1) is 12.9. The minimum atomic E-state index is -0.617. The van der Waals surface area contributed by atoms with Gasteiger partial charge in [-0.15, -0.1) is 0 Å². The molecule has 3 aromatic rings. The molecule has 0 aliphatic rings. The summed E-state index contributed by atoms with van der Waals surface area (Å²) >= 11 is 0. The maximum atomic E-state index is 12.8. The summed E-state index contributed by atoms with van der Waals surface area (Å²) in [7, 11) is 0. The van der Waals surface area contributed by atoms with Gasteiger partial charge in [-0.25, -0.2) is 9.78 Å². The zero-order valence-corrected chi connectivity index (χ0v) is 15.4. The van der Waals surface area contributed by atoms with E-state index in [0.29, 0.717) is 12.2 Å². The third kappa shape index (κ3) is 3.64. The Bertz CT molecular complexity index is 1100. The Morgan fingerprint density at radius 2 is 2.11 bits per heavy atom. The monoisotopic (exact) mass is 367 g/mol. The number of aromatic amines is 1. The van der Waals surface area contributed by atoms with Crippen LogP contribution in [0.15, 0.2) is 40.2 Å². The predicted molar refractivity (Wildman–Crippen MR) is 102 cm³/mol. The fourth-order valence-electron chi connectivity index (χ4n) is 2.84. The SMILES string of the molecule is CCn1c(=O)[nH]c(=O)c2c(C(=O)NCc3cccnc3)cc(C(C)C)nc21. The highest BCUT2D eigenvalue weighted by Gasteiger charge is 2.20. The van der Waals surface area contributed by atoms with Crippen LogP contribution in [0.4, 0.5) is 0 Å². The molecule has 8 heteroatoms. The third-order valence-electron chi connectivity index (χ3n) is 4.30. The standard InChI is InChI=1S/C19H21N5O3/c1-4-24-16-15(18(26)23-19(24)27)13(8-14(22-16)11(2)3)17(25)21-10-12-6-5-7-20-9-12/h5-9,11H,4,10H2,1-3H3,(H,21,25)(H,23,26,27). The molecular formula is C19H21N5O3. The molecule has 0 aliphatic carbocycles. The first-order valence-electron chi connectivity index (χ1n) is 8.77. The summed E-state index contributed by atoms with van der Waals surface area (Å²) in [5.74, 6) is -0.376. The number of H-pyrrole nitrogens is 1. The molecule has 2 N–H and O–H groups in total. The van der Waals surface area contributed by atoms with E-state index in [1.54, 1.807) is 31.5 Å². The smallest absolute Gasteiger partial charge is 0.329 e. The third-order valence-corrected chi connectivity index (χ3v) is 4.30. The molecule has 140 valence electrons. The van der Waals surface area contributed by atoms with E-state index in [0.717, 1.165) is 5.56 Å². The van der Waals surface area contributed by atoms with E-state index in [-0.39, 0.29) is 29.1 Å². The number of aromatic nitrogens is 4. The summed E-state index contributed by atoms with van der Waals surface area (Å²) in [6, 6.07) is 5.25. The van der Waals surface area contributed by atoms with Gasteiger partial charge in [-0.3, -0.25) is 24.1 Å². The zero-order chi connectivity index (χ0) is 19.6. The molecule has 0 saturated heterocycles. The fraction of sp³-hybridized carbons (Fsp3) is 0.316. The van der Waals surface area contributed by atoms with E-state index in [4.69, 9.17) is 0 Å². The van der Waals surface area contributed by atoms with Crippen LogP contribution in [-0.2, 0) is 13.1 Å². The van der Waals surface area contributed by atoms with Crippen molar-refractivity contribution in [1.29, 1.82) is 0 Å².